The van der Waals surface area contributed by atoms with Crippen molar-refractivity contribution in [2.24, 2.45) is 5.73 Å². The number of nitrogens with two attached hydrogens (primary N) is 1. The van der Waals surface area contributed by atoms with Gasteiger partial charge in [-0.15, -0.1) is 0 Å². The summed E-state index contributed by atoms with van der Waals surface area (Å²) in [7, 11) is 0. The van der Waals surface area contributed by atoms with Crippen LogP contribution in [-0.4, -0.2) is 35.6 Å². The highest BCUT2D eigenvalue weighted by molar-refractivity contribution is 7.80. The molecule has 0 aromatic heterocycles. The Kier molecular flexibility index (Phi) is 5.16. The maximum absolute atomic E-state index is 5.77. The highest BCUT2D eigenvalue weighted by Gasteiger charge is 2.19. The average molecular weight is 278 g/mol. The van der Waals surface area contributed by atoms with Crippen LogP contribution in [0.25, 0.3) is 0 Å². The van der Waals surface area contributed by atoms with Gasteiger partial charge < -0.3 is 10.5 Å². The summed E-state index contributed by atoms with van der Waals surface area (Å²) in [5.41, 5.74) is 6.65. The minimum atomic E-state index is 0.525. The Labute approximate surface area is 120 Å². The summed E-state index contributed by atoms with van der Waals surface area (Å²) >= 11 is 4.89. The van der Waals surface area contributed by atoms with Gasteiger partial charge in [0.1, 0.15) is 12.4 Å². The average Bonchev–Trinajstić information content (AvgIpc) is 2.77. The zero-order valence-corrected chi connectivity index (χ0v) is 12.3. The zero-order chi connectivity index (χ0) is 13.7. The van der Waals surface area contributed by atoms with E-state index in [0.717, 1.165) is 24.5 Å². The fourth-order valence-corrected chi connectivity index (χ4v) is 2.68. The predicted molar refractivity (Wildman–Crippen MR) is 82.7 cm³/mol. The molecule has 104 valence electrons. The second kappa shape index (κ2) is 6.87. The van der Waals surface area contributed by atoms with Crippen LogP contribution >= 0.6 is 12.2 Å². The molecule has 0 amide bonds. The highest BCUT2D eigenvalue weighted by atomic mass is 32.1. The zero-order valence-electron chi connectivity index (χ0n) is 11.5. The van der Waals surface area contributed by atoms with E-state index < -0.39 is 0 Å². The molecule has 0 radical (unpaired) electrons. The van der Waals surface area contributed by atoms with Gasteiger partial charge in [0.15, 0.2) is 0 Å². The van der Waals surface area contributed by atoms with Gasteiger partial charge in [0.25, 0.3) is 0 Å². The lowest BCUT2D eigenvalue weighted by Gasteiger charge is -2.20. The van der Waals surface area contributed by atoms with Crippen LogP contribution in [0.5, 0.6) is 5.75 Å². The molecule has 4 heteroatoms. The van der Waals surface area contributed by atoms with Crippen molar-refractivity contribution >= 4 is 17.2 Å². The van der Waals surface area contributed by atoms with E-state index in [-0.39, 0.29) is 0 Å². The van der Waals surface area contributed by atoms with Crippen LogP contribution in [-0.2, 0) is 6.42 Å². The third-order valence-electron chi connectivity index (χ3n) is 3.64. The van der Waals surface area contributed by atoms with Gasteiger partial charge in [0.2, 0.25) is 0 Å². The van der Waals surface area contributed by atoms with Gasteiger partial charge in [0, 0.05) is 19.0 Å². The summed E-state index contributed by atoms with van der Waals surface area (Å²) < 4.78 is 5.77. The van der Waals surface area contributed by atoms with Gasteiger partial charge in [-0.05, 0) is 44.0 Å². The molecule has 1 heterocycles. The quantitative estimate of drug-likeness (QED) is 0.811. The second-order valence-corrected chi connectivity index (χ2v) is 5.69. The van der Waals surface area contributed by atoms with Crippen molar-refractivity contribution in [2.75, 3.05) is 19.7 Å². The summed E-state index contributed by atoms with van der Waals surface area (Å²) in [5.74, 6) is 0.915. The van der Waals surface area contributed by atoms with E-state index in [0.29, 0.717) is 17.5 Å². The molecule has 0 saturated carbocycles. The number of rotatable bonds is 6. The van der Waals surface area contributed by atoms with Gasteiger partial charge in [0.05, 0.1) is 4.99 Å². The van der Waals surface area contributed by atoms with Crippen LogP contribution in [0, 0.1) is 0 Å². The molecule has 1 atom stereocenters. The molecule has 2 N–H and O–H groups in total. The van der Waals surface area contributed by atoms with Crippen LogP contribution in [0.4, 0.5) is 0 Å². The molecule has 1 saturated heterocycles. The van der Waals surface area contributed by atoms with Crippen molar-refractivity contribution in [3.05, 3.63) is 29.8 Å². The van der Waals surface area contributed by atoms with Crippen molar-refractivity contribution in [3.63, 3.8) is 0 Å². The Morgan fingerprint density at radius 3 is 2.74 bits per heavy atom. The Morgan fingerprint density at radius 1 is 1.42 bits per heavy atom. The van der Waals surface area contributed by atoms with Crippen molar-refractivity contribution in [1.82, 2.24) is 4.90 Å². The summed E-state index contributed by atoms with van der Waals surface area (Å²) in [6, 6.07) is 8.72. The Hall–Kier alpha value is -1.13. The first kappa shape index (κ1) is 14.3. The second-order valence-electron chi connectivity index (χ2n) is 5.16. The molecule has 1 fully saturated rings. The maximum atomic E-state index is 5.77. The molecule has 2 rings (SSSR count). The minimum absolute atomic E-state index is 0.525. The molecule has 19 heavy (non-hydrogen) atoms. The molecule has 1 aromatic rings. The topological polar surface area (TPSA) is 38.5 Å². The van der Waals surface area contributed by atoms with E-state index in [2.05, 4.69) is 11.8 Å². The van der Waals surface area contributed by atoms with E-state index in [9.17, 15) is 0 Å². The fourth-order valence-electron chi connectivity index (χ4n) is 2.51. The summed E-state index contributed by atoms with van der Waals surface area (Å²) in [5, 5.41) is 0. The van der Waals surface area contributed by atoms with Crippen LogP contribution in [0.15, 0.2) is 24.3 Å². The molecule has 1 aliphatic heterocycles. The lowest BCUT2D eigenvalue weighted by Crippen LogP contribution is -2.31. The maximum Gasteiger partial charge on any atom is 0.119 e. The summed E-state index contributed by atoms with van der Waals surface area (Å²) in [4.78, 5) is 3.01. The number of hydrogen-bond acceptors (Lipinski definition) is 3. The Morgan fingerprint density at radius 2 is 2.16 bits per heavy atom. The molecular weight excluding hydrogens is 256 g/mol. The van der Waals surface area contributed by atoms with Gasteiger partial charge in [-0.3, -0.25) is 4.90 Å². The van der Waals surface area contributed by atoms with Crippen molar-refractivity contribution < 1.29 is 4.74 Å². The van der Waals surface area contributed by atoms with Crippen LogP contribution in [0.2, 0.25) is 0 Å². The number of hydrogen-bond donors (Lipinski definition) is 1. The first-order valence-corrected chi connectivity index (χ1v) is 7.30. The number of ether oxygens (including phenoxy) is 1. The fraction of sp³-hybridized carbons (Fsp3) is 0.533. The summed E-state index contributed by atoms with van der Waals surface area (Å²) in [6.07, 6.45) is 3.28. The van der Waals surface area contributed by atoms with E-state index in [1.54, 1.807) is 0 Å². The lowest BCUT2D eigenvalue weighted by molar-refractivity contribution is 0.204. The number of nitrogens with zero attached hydrogens (tertiary/aromatic N) is 1. The molecule has 0 aliphatic carbocycles. The lowest BCUT2D eigenvalue weighted by atomic mass is 10.1. The molecule has 0 bridgehead atoms. The van der Waals surface area contributed by atoms with Crippen LogP contribution in [0.3, 0.4) is 0 Å². The monoisotopic (exact) mass is 278 g/mol. The van der Waals surface area contributed by atoms with Crippen LogP contribution in [0.1, 0.15) is 25.3 Å². The van der Waals surface area contributed by atoms with Crippen molar-refractivity contribution in [2.45, 2.75) is 32.2 Å². The number of benzene rings is 1. The van der Waals surface area contributed by atoms with E-state index >= 15 is 0 Å². The SMILES string of the molecule is CC1CCCN1CCOc1ccc(CC(N)=S)cc1. The first-order chi connectivity index (χ1) is 9.15. The van der Waals surface area contributed by atoms with Gasteiger partial charge in [-0.2, -0.15) is 0 Å². The molecule has 1 aromatic carbocycles. The van der Waals surface area contributed by atoms with Gasteiger partial charge in [-0.25, -0.2) is 0 Å². The number of likely N-dealkylation sites (tertiary alicyclic amines) is 1. The third kappa shape index (κ3) is 4.48. The van der Waals surface area contributed by atoms with E-state index in [4.69, 9.17) is 22.7 Å². The normalized spacial score (nSPS) is 19.5. The molecule has 0 spiro atoms. The third-order valence-corrected chi connectivity index (χ3v) is 3.78. The first-order valence-electron chi connectivity index (χ1n) is 6.89. The van der Waals surface area contributed by atoms with Crippen molar-refractivity contribution in [3.8, 4) is 5.75 Å². The van der Waals surface area contributed by atoms with E-state index in [1.165, 1.54) is 19.4 Å². The highest BCUT2D eigenvalue weighted by Crippen LogP contribution is 2.16. The summed E-state index contributed by atoms with van der Waals surface area (Å²) in [6.45, 7) is 5.25. The standard InChI is InChI=1S/C15H22N2OS/c1-12-3-2-8-17(12)9-10-18-14-6-4-13(5-7-14)11-15(16)19/h4-7,12H,2-3,8-11H2,1H3,(H2,16,19). The van der Waals surface area contributed by atoms with Crippen molar-refractivity contribution in [1.29, 1.82) is 0 Å². The minimum Gasteiger partial charge on any atom is -0.492 e. The molecule has 1 unspecified atom stereocenters. The smallest absolute Gasteiger partial charge is 0.119 e. The Bertz CT molecular complexity index is 419. The van der Waals surface area contributed by atoms with Gasteiger partial charge >= 0.3 is 0 Å². The van der Waals surface area contributed by atoms with Gasteiger partial charge in [-0.1, -0.05) is 24.4 Å². The van der Waals surface area contributed by atoms with E-state index in [1.807, 2.05) is 24.3 Å². The molecular formula is C15H22N2OS. The van der Waals surface area contributed by atoms with Crippen LogP contribution < -0.4 is 10.5 Å². The number of thiocarbonyl (C=S) groups is 1. The largest absolute Gasteiger partial charge is 0.492 e. The molecule has 1 aliphatic rings. The predicted octanol–water partition coefficient (Wildman–Crippen LogP) is 2.38. The Balaban J connectivity index is 1.75. The molecule has 3 nitrogen and oxygen atoms in total.